The van der Waals surface area contributed by atoms with Crippen LogP contribution in [0.1, 0.15) is 18.7 Å². The van der Waals surface area contributed by atoms with Crippen molar-refractivity contribution in [1.82, 2.24) is 14.6 Å². The predicted molar refractivity (Wildman–Crippen MR) is 67.1 cm³/mol. The highest BCUT2D eigenvalue weighted by molar-refractivity contribution is 5.46. The molecule has 1 fully saturated rings. The summed E-state index contributed by atoms with van der Waals surface area (Å²) in [6.45, 7) is 1.01. The first-order valence-corrected chi connectivity index (χ1v) is 6.19. The van der Waals surface area contributed by atoms with Gasteiger partial charge in [-0.2, -0.15) is 5.10 Å². The first-order valence-electron chi connectivity index (χ1n) is 6.19. The molecule has 0 aliphatic carbocycles. The summed E-state index contributed by atoms with van der Waals surface area (Å²) in [5.41, 5.74) is -1.16. The summed E-state index contributed by atoms with van der Waals surface area (Å²) in [5.74, 6) is 0. The molecule has 4 atom stereocenters. The molecular formula is C12H15N3O5. The SMILES string of the molecule is C[C@@]1(O)[C@H](O)C(CO)O[C@H]1c1ccc2c(=O)[nH]cnn12. The number of hydrogen-bond acceptors (Lipinski definition) is 6. The first-order chi connectivity index (χ1) is 9.46. The van der Waals surface area contributed by atoms with Gasteiger partial charge >= 0.3 is 0 Å². The Balaban J connectivity index is 2.12. The van der Waals surface area contributed by atoms with Crippen LogP contribution in [0.5, 0.6) is 0 Å². The van der Waals surface area contributed by atoms with Crippen LogP contribution in [0, 0.1) is 0 Å². The van der Waals surface area contributed by atoms with Gasteiger partial charge in [-0.15, -0.1) is 0 Å². The van der Waals surface area contributed by atoms with Gasteiger partial charge < -0.3 is 25.0 Å². The summed E-state index contributed by atoms with van der Waals surface area (Å²) >= 11 is 0. The normalized spacial score (nSPS) is 33.9. The smallest absolute Gasteiger partial charge is 0.275 e. The number of ether oxygens (including phenoxy) is 1. The second kappa shape index (κ2) is 4.38. The average molecular weight is 281 g/mol. The third-order valence-electron chi connectivity index (χ3n) is 3.73. The minimum absolute atomic E-state index is 0.309. The Kier molecular flexibility index (Phi) is 2.91. The molecule has 1 saturated heterocycles. The van der Waals surface area contributed by atoms with E-state index in [1.165, 1.54) is 17.8 Å². The van der Waals surface area contributed by atoms with Gasteiger partial charge in [-0.1, -0.05) is 0 Å². The van der Waals surface area contributed by atoms with Crippen molar-refractivity contribution in [2.45, 2.75) is 30.8 Å². The second-order valence-electron chi connectivity index (χ2n) is 5.08. The largest absolute Gasteiger partial charge is 0.394 e. The summed E-state index contributed by atoms with van der Waals surface area (Å²) < 4.78 is 6.86. The topological polar surface area (TPSA) is 120 Å². The monoisotopic (exact) mass is 281 g/mol. The number of aliphatic hydroxyl groups is 3. The maximum atomic E-state index is 11.6. The van der Waals surface area contributed by atoms with Crippen LogP contribution in [0.4, 0.5) is 0 Å². The minimum atomic E-state index is -1.59. The van der Waals surface area contributed by atoms with Crippen LogP contribution >= 0.6 is 0 Å². The Morgan fingerprint density at radius 2 is 2.30 bits per heavy atom. The molecule has 4 N–H and O–H groups in total. The van der Waals surface area contributed by atoms with Gasteiger partial charge in [-0.3, -0.25) is 4.79 Å². The number of H-pyrrole nitrogens is 1. The number of fused-ring (bicyclic) bond motifs is 1. The molecule has 2 aromatic rings. The van der Waals surface area contributed by atoms with Gasteiger partial charge in [-0.05, 0) is 19.1 Å². The van der Waals surface area contributed by atoms with Gasteiger partial charge in [0.15, 0.2) is 0 Å². The lowest BCUT2D eigenvalue weighted by atomic mass is 9.91. The molecule has 20 heavy (non-hydrogen) atoms. The maximum absolute atomic E-state index is 11.6. The Labute approximate surface area is 113 Å². The number of aromatic nitrogens is 3. The van der Waals surface area contributed by atoms with E-state index in [2.05, 4.69) is 10.1 Å². The molecule has 8 heteroatoms. The summed E-state index contributed by atoms with van der Waals surface area (Å²) in [5, 5.41) is 33.6. The lowest BCUT2D eigenvalue weighted by Crippen LogP contribution is -2.43. The molecule has 0 radical (unpaired) electrons. The van der Waals surface area contributed by atoms with Gasteiger partial charge in [-0.25, -0.2) is 4.52 Å². The van der Waals surface area contributed by atoms with Gasteiger partial charge in [0.25, 0.3) is 5.56 Å². The molecule has 8 nitrogen and oxygen atoms in total. The number of nitrogens with zero attached hydrogens (tertiary/aromatic N) is 2. The predicted octanol–water partition coefficient (Wildman–Crippen LogP) is -1.43. The van der Waals surface area contributed by atoms with Crippen molar-refractivity contribution in [3.63, 3.8) is 0 Å². The van der Waals surface area contributed by atoms with E-state index in [9.17, 15) is 15.0 Å². The summed E-state index contributed by atoms with van der Waals surface area (Å²) in [7, 11) is 0. The van der Waals surface area contributed by atoms with Crippen molar-refractivity contribution in [1.29, 1.82) is 0 Å². The first kappa shape index (κ1) is 13.3. The lowest BCUT2D eigenvalue weighted by Gasteiger charge is -2.26. The van der Waals surface area contributed by atoms with Crippen molar-refractivity contribution >= 4 is 5.52 Å². The fourth-order valence-electron chi connectivity index (χ4n) is 2.59. The van der Waals surface area contributed by atoms with Crippen molar-refractivity contribution in [3.05, 3.63) is 34.5 Å². The number of rotatable bonds is 2. The third kappa shape index (κ3) is 1.70. The standard InChI is InChI=1S/C12H15N3O5/c1-12(19)9(17)8(4-16)20-10(12)6-2-3-7-11(18)13-5-14-15(6)7/h2-3,5,8-10,16-17,19H,4H2,1H3,(H,13,14,18)/t8?,9-,10+,12-/m1/s1. The quantitative estimate of drug-likeness (QED) is 0.535. The Bertz CT molecular complexity index is 692. The molecule has 3 rings (SSSR count). The van der Waals surface area contributed by atoms with Crippen molar-refractivity contribution < 1.29 is 20.1 Å². The lowest BCUT2D eigenvalue weighted by molar-refractivity contribution is -0.0664. The average Bonchev–Trinajstić information content (AvgIpc) is 2.92. The van der Waals surface area contributed by atoms with Crippen molar-refractivity contribution in [2.75, 3.05) is 6.61 Å². The highest BCUT2D eigenvalue weighted by Crippen LogP contribution is 2.41. The molecule has 3 heterocycles. The van der Waals surface area contributed by atoms with Gasteiger partial charge in [0.2, 0.25) is 0 Å². The molecule has 0 amide bonds. The summed E-state index contributed by atoms with van der Waals surface area (Å²) in [4.78, 5) is 14.1. The van der Waals surface area contributed by atoms with Crippen LogP contribution in [0.2, 0.25) is 0 Å². The van der Waals surface area contributed by atoms with E-state index in [-0.39, 0.29) is 5.56 Å². The highest BCUT2D eigenvalue weighted by Gasteiger charge is 2.53. The fraction of sp³-hybridized carbons (Fsp3) is 0.500. The summed E-state index contributed by atoms with van der Waals surface area (Å²) in [6, 6.07) is 3.16. The van der Waals surface area contributed by atoms with Gasteiger partial charge in [0.1, 0.15) is 35.8 Å². The fourth-order valence-corrected chi connectivity index (χ4v) is 2.59. The minimum Gasteiger partial charge on any atom is -0.394 e. The molecule has 0 aromatic carbocycles. The number of aromatic amines is 1. The maximum Gasteiger partial charge on any atom is 0.275 e. The van der Waals surface area contributed by atoms with E-state index in [1.54, 1.807) is 12.1 Å². The Morgan fingerprint density at radius 1 is 1.55 bits per heavy atom. The summed E-state index contributed by atoms with van der Waals surface area (Å²) in [6.07, 6.45) is -1.78. The third-order valence-corrected chi connectivity index (χ3v) is 3.73. The van der Waals surface area contributed by atoms with Crippen molar-refractivity contribution in [2.24, 2.45) is 0 Å². The van der Waals surface area contributed by atoms with Gasteiger partial charge in [0, 0.05) is 0 Å². The van der Waals surface area contributed by atoms with E-state index in [1.807, 2.05) is 0 Å². The van der Waals surface area contributed by atoms with E-state index in [0.29, 0.717) is 11.2 Å². The molecule has 0 bridgehead atoms. The molecule has 1 aliphatic rings. The molecule has 108 valence electrons. The van der Waals surface area contributed by atoms with E-state index >= 15 is 0 Å². The van der Waals surface area contributed by atoms with Gasteiger partial charge in [0.05, 0.1) is 12.3 Å². The number of aliphatic hydroxyl groups excluding tert-OH is 2. The molecule has 1 aliphatic heterocycles. The zero-order valence-corrected chi connectivity index (χ0v) is 10.7. The molecule has 0 spiro atoms. The number of nitrogens with one attached hydrogen (secondary N) is 1. The van der Waals surface area contributed by atoms with Crippen LogP contribution in [-0.2, 0) is 4.74 Å². The van der Waals surface area contributed by atoms with E-state index in [0.717, 1.165) is 0 Å². The number of hydrogen-bond donors (Lipinski definition) is 4. The zero-order chi connectivity index (χ0) is 14.5. The molecule has 0 saturated carbocycles. The van der Waals surface area contributed by atoms with Crippen molar-refractivity contribution in [3.8, 4) is 0 Å². The van der Waals surface area contributed by atoms with Crippen LogP contribution in [0.3, 0.4) is 0 Å². The molecule has 1 unspecified atom stereocenters. The van der Waals surface area contributed by atoms with E-state index < -0.39 is 30.5 Å². The molecule has 2 aromatic heterocycles. The molecular weight excluding hydrogens is 266 g/mol. The highest BCUT2D eigenvalue weighted by atomic mass is 16.6. The Hall–Kier alpha value is -1.74. The second-order valence-corrected chi connectivity index (χ2v) is 5.08. The van der Waals surface area contributed by atoms with Crippen LogP contribution < -0.4 is 5.56 Å². The van der Waals surface area contributed by atoms with Crippen LogP contribution in [-0.4, -0.2) is 54.3 Å². The van der Waals surface area contributed by atoms with Crippen LogP contribution in [0.25, 0.3) is 5.52 Å². The Morgan fingerprint density at radius 3 is 2.95 bits per heavy atom. The van der Waals surface area contributed by atoms with Crippen LogP contribution in [0.15, 0.2) is 23.3 Å². The van der Waals surface area contributed by atoms with E-state index in [4.69, 9.17) is 9.84 Å². The zero-order valence-electron chi connectivity index (χ0n) is 10.7.